The molecule has 0 radical (unpaired) electrons. The van der Waals surface area contributed by atoms with Crippen LogP contribution in [0.5, 0.6) is 5.75 Å². The van der Waals surface area contributed by atoms with E-state index in [-0.39, 0.29) is 23.3 Å². The Hall–Kier alpha value is -3.41. The second-order valence-electron chi connectivity index (χ2n) is 8.89. The minimum absolute atomic E-state index is 0.0926. The maximum Gasteiger partial charge on any atom is 0.241 e. The SMILES string of the molecule is COc1cccc2c(S(=O)(=O)N[C@@H](Cc3ccc(C#N)cc3)C(=O)N(C)C3CCCC3)cccc12. The summed E-state index contributed by atoms with van der Waals surface area (Å²) in [5.74, 6) is 0.313. The molecule has 7 nitrogen and oxygen atoms in total. The van der Waals surface area contributed by atoms with E-state index in [4.69, 9.17) is 10.00 Å². The van der Waals surface area contributed by atoms with Gasteiger partial charge in [-0.15, -0.1) is 0 Å². The summed E-state index contributed by atoms with van der Waals surface area (Å²) in [6.45, 7) is 0. The van der Waals surface area contributed by atoms with Gasteiger partial charge in [-0.2, -0.15) is 9.98 Å². The number of hydrogen-bond acceptors (Lipinski definition) is 5. The van der Waals surface area contributed by atoms with E-state index in [2.05, 4.69) is 10.8 Å². The first-order valence-electron chi connectivity index (χ1n) is 11.7. The van der Waals surface area contributed by atoms with Crippen LogP contribution < -0.4 is 9.46 Å². The number of carbonyl (C=O) groups is 1. The van der Waals surface area contributed by atoms with Crippen LogP contribution in [0.2, 0.25) is 0 Å². The minimum atomic E-state index is -4.05. The molecule has 0 unspecified atom stereocenters. The van der Waals surface area contributed by atoms with E-state index in [1.807, 2.05) is 0 Å². The standard InChI is InChI=1S/C27H29N3O4S/c1-30(21-7-3-4-8-21)27(31)24(17-19-13-15-20(18-28)16-14-19)29-35(32,33)26-12-6-9-22-23(26)10-5-11-25(22)34-2/h5-6,9-16,21,24,29H,3-4,7-8,17H2,1-2H3/t24-/m0/s1. The lowest BCUT2D eigenvalue weighted by molar-refractivity contribution is -0.133. The molecule has 0 spiro atoms. The summed E-state index contributed by atoms with van der Waals surface area (Å²) in [7, 11) is -0.759. The molecule has 0 heterocycles. The quantitative estimate of drug-likeness (QED) is 0.513. The molecule has 1 fully saturated rings. The first-order valence-corrected chi connectivity index (χ1v) is 13.2. The van der Waals surface area contributed by atoms with Crippen molar-refractivity contribution in [2.75, 3.05) is 14.2 Å². The van der Waals surface area contributed by atoms with Crippen molar-refractivity contribution in [1.82, 2.24) is 9.62 Å². The van der Waals surface area contributed by atoms with Crippen molar-refractivity contribution in [2.24, 2.45) is 0 Å². The molecule has 182 valence electrons. The van der Waals surface area contributed by atoms with Crippen molar-refractivity contribution in [2.45, 2.75) is 49.1 Å². The van der Waals surface area contributed by atoms with Gasteiger partial charge in [0.2, 0.25) is 15.9 Å². The molecule has 35 heavy (non-hydrogen) atoms. The minimum Gasteiger partial charge on any atom is -0.496 e. The van der Waals surface area contributed by atoms with Gasteiger partial charge in [-0.1, -0.05) is 49.2 Å². The van der Waals surface area contributed by atoms with Crippen LogP contribution in [0, 0.1) is 11.3 Å². The third kappa shape index (κ3) is 5.31. The number of fused-ring (bicyclic) bond motifs is 1. The molecule has 4 rings (SSSR count). The highest BCUT2D eigenvalue weighted by Gasteiger charge is 2.32. The van der Waals surface area contributed by atoms with Crippen LogP contribution >= 0.6 is 0 Å². The number of methoxy groups -OCH3 is 1. The topological polar surface area (TPSA) is 99.5 Å². The Bertz CT molecular complexity index is 1360. The number of ether oxygens (including phenoxy) is 1. The summed E-state index contributed by atoms with van der Waals surface area (Å²) < 4.78 is 35.4. The van der Waals surface area contributed by atoms with Crippen molar-refractivity contribution < 1.29 is 17.9 Å². The van der Waals surface area contributed by atoms with E-state index in [0.29, 0.717) is 22.1 Å². The highest BCUT2D eigenvalue weighted by molar-refractivity contribution is 7.89. The van der Waals surface area contributed by atoms with Crippen LogP contribution in [0.4, 0.5) is 0 Å². The molecule has 0 saturated heterocycles. The molecule has 0 aliphatic heterocycles. The van der Waals surface area contributed by atoms with Gasteiger partial charge in [-0.3, -0.25) is 4.79 Å². The summed E-state index contributed by atoms with van der Waals surface area (Å²) >= 11 is 0. The number of nitrogens with one attached hydrogen (secondary N) is 1. The predicted molar refractivity (Wildman–Crippen MR) is 134 cm³/mol. The van der Waals surface area contributed by atoms with Gasteiger partial charge in [0.05, 0.1) is 23.6 Å². The van der Waals surface area contributed by atoms with Gasteiger partial charge in [-0.05, 0) is 49.1 Å². The van der Waals surface area contributed by atoms with Crippen molar-refractivity contribution >= 4 is 26.7 Å². The number of hydrogen-bond donors (Lipinski definition) is 1. The lowest BCUT2D eigenvalue weighted by Gasteiger charge is -2.29. The lowest BCUT2D eigenvalue weighted by Crippen LogP contribution is -2.50. The molecule has 3 aromatic rings. The Kier molecular flexibility index (Phi) is 7.39. The van der Waals surface area contributed by atoms with Crippen molar-refractivity contribution in [1.29, 1.82) is 5.26 Å². The summed E-state index contributed by atoms with van der Waals surface area (Å²) in [4.78, 5) is 15.3. The molecule has 1 aliphatic carbocycles. The number of amides is 1. The summed E-state index contributed by atoms with van der Waals surface area (Å²) in [6, 6.07) is 18.3. The fourth-order valence-electron chi connectivity index (χ4n) is 4.76. The molecule has 1 saturated carbocycles. The molecule has 8 heteroatoms. The highest BCUT2D eigenvalue weighted by atomic mass is 32.2. The Morgan fingerprint density at radius 2 is 1.74 bits per heavy atom. The third-order valence-corrected chi connectivity index (χ3v) is 8.22. The number of sulfonamides is 1. The van der Waals surface area contributed by atoms with E-state index in [0.717, 1.165) is 31.2 Å². The molecular formula is C27H29N3O4S. The molecule has 3 aromatic carbocycles. The average Bonchev–Trinajstić information content (AvgIpc) is 3.42. The Balaban J connectivity index is 1.69. The number of benzene rings is 3. The van der Waals surface area contributed by atoms with E-state index in [9.17, 15) is 13.2 Å². The molecule has 1 atom stereocenters. The normalized spacial score (nSPS) is 15.0. The average molecular weight is 492 g/mol. The zero-order chi connectivity index (χ0) is 25.0. The number of carbonyl (C=O) groups excluding carboxylic acids is 1. The fourth-order valence-corrected chi connectivity index (χ4v) is 6.17. The summed E-state index contributed by atoms with van der Waals surface area (Å²) in [5.41, 5.74) is 1.27. The van der Waals surface area contributed by atoms with Crippen LogP contribution in [0.1, 0.15) is 36.8 Å². The number of rotatable bonds is 8. The lowest BCUT2D eigenvalue weighted by atomic mass is 10.0. The van der Waals surface area contributed by atoms with Crippen molar-refractivity contribution in [3.05, 3.63) is 71.8 Å². The smallest absolute Gasteiger partial charge is 0.241 e. The van der Waals surface area contributed by atoms with Gasteiger partial charge in [0.25, 0.3) is 0 Å². The highest BCUT2D eigenvalue weighted by Crippen LogP contribution is 2.30. The monoisotopic (exact) mass is 491 g/mol. The Morgan fingerprint density at radius 3 is 2.40 bits per heavy atom. The van der Waals surface area contributed by atoms with Crippen molar-refractivity contribution in [3.8, 4) is 11.8 Å². The molecular weight excluding hydrogens is 462 g/mol. The Labute approximate surface area is 206 Å². The van der Waals surface area contributed by atoms with Gasteiger partial charge in [-0.25, -0.2) is 8.42 Å². The van der Waals surface area contributed by atoms with E-state index in [1.54, 1.807) is 73.7 Å². The zero-order valence-corrected chi connectivity index (χ0v) is 20.7. The molecule has 1 aliphatic rings. The van der Waals surface area contributed by atoms with Crippen LogP contribution in [0.15, 0.2) is 65.6 Å². The number of nitriles is 1. The van der Waals surface area contributed by atoms with Gasteiger partial charge in [0, 0.05) is 23.9 Å². The first kappa shape index (κ1) is 24.7. The third-order valence-electron chi connectivity index (χ3n) is 6.69. The van der Waals surface area contributed by atoms with Gasteiger partial charge < -0.3 is 9.64 Å². The zero-order valence-electron chi connectivity index (χ0n) is 19.9. The number of nitrogens with zero attached hydrogens (tertiary/aromatic N) is 2. The van der Waals surface area contributed by atoms with Gasteiger partial charge in [0.1, 0.15) is 11.8 Å². The van der Waals surface area contributed by atoms with Crippen LogP contribution in [-0.2, 0) is 21.2 Å². The molecule has 0 bridgehead atoms. The van der Waals surface area contributed by atoms with E-state index >= 15 is 0 Å². The second kappa shape index (κ2) is 10.5. The van der Waals surface area contributed by atoms with Gasteiger partial charge in [0.15, 0.2) is 0 Å². The van der Waals surface area contributed by atoms with Crippen LogP contribution in [-0.4, -0.2) is 45.5 Å². The molecule has 1 amide bonds. The van der Waals surface area contributed by atoms with Crippen LogP contribution in [0.25, 0.3) is 10.8 Å². The second-order valence-corrected chi connectivity index (χ2v) is 10.6. The molecule has 0 aromatic heterocycles. The first-order chi connectivity index (χ1) is 16.8. The fraction of sp³-hybridized carbons (Fsp3) is 0.333. The van der Waals surface area contributed by atoms with E-state index < -0.39 is 16.1 Å². The Morgan fingerprint density at radius 1 is 1.09 bits per heavy atom. The van der Waals surface area contributed by atoms with Crippen LogP contribution in [0.3, 0.4) is 0 Å². The molecule has 1 N–H and O–H groups in total. The number of likely N-dealkylation sites (N-methyl/N-ethyl adjacent to an activating group) is 1. The van der Waals surface area contributed by atoms with E-state index in [1.165, 1.54) is 6.07 Å². The largest absolute Gasteiger partial charge is 0.496 e. The summed E-state index contributed by atoms with van der Waals surface area (Å²) in [5, 5.41) is 10.3. The van der Waals surface area contributed by atoms with Crippen molar-refractivity contribution in [3.63, 3.8) is 0 Å². The predicted octanol–water partition coefficient (Wildman–Crippen LogP) is 4.01. The summed E-state index contributed by atoms with van der Waals surface area (Å²) in [6.07, 6.45) is 4.14. The maximum atomic E-state index is 13.6. The maximum absolute atomic E-state index is 13.6. The van der Waals surface area contributed by atoms with Gasteiger partial charge >= 0.3 is 0 Å².